The van der Waals surface area contributed by atoms with Crippen molar-refractivity contribution in [2.24, 2.45) is 0 Å². The quantitative estimate of drug-likeness (QED) is 0.656. The van der Waals surface area contributed by atoms with E-state index < -0.39 is 0 Å². The smallest absolute Gasteiger partial charge is 0.222 e. The summed E-state index contributed by atoms with van der Waals surface area (Å²) < 4.78 is 19.5. The van der Waals surface area contributed by atoms with Gasteiger partial charge in [-0.05, 0) is 49.8 Å². The largest absolute Gasteiger partial charge is 0.489 e. The Morgan fingerprint density at radius 3 is 2.83 bits per heavy atom. The summed E-state index contributed by atoms with van der Waals surface area (Å²) in [6.45, 7) is 1.69. The minimum absolute atomic E-state index is 0.0311. The van der Waals surface area contributed by atoms with Gasteiger partial charge in [-0.25, -0.2) is 4.39 Å². The fourth-order valence-electron chi connectivity index (χ4n) is 4.26. The molecule has 1 heterocycles. The third kappa shape index (κ3) is 5.21. The number of benzene rings is 2. The van der Waals surface area contributed by atoms with E-state index in [1.165, 1.54) is 30.5 Å². The van der Waals surface area contributed by atoms with Crippen LogP contribution in [0.4, 0.5) is 10.1 Å². The summed E-state index contributed by atoms with van der Waals surface area (Å²) in [5, 5.41) is 3.07. The van der Waals surface area contributed by atoms with Gasteiger partial charge in [0.05, 0.1) is 18.2 Å². The van der Waals surface area contributed by atoms with Crippen molar-refractivity contribution in [3.63, 3.8) is 0 Å². The number of anilines is 1. The number of allylic oxidation sites excluding steroid dienone is 1. The highest BCUT2D eigenvalue weighted by Crippen LogP contribution is 2.36. The lowest BCUT2D eigenvalue weighted by molar-refractivity contribution is -0.121. The Balaban J connectivity index is 1.41. The number of halogens is 1. The second-order valence-electron chi connectivity index (χ2n) is 8.10. The first-order valence-corrected chi connectivity index (χ1v) is 10.9. The molecule has 1 N–H and O–H groups in total. The van der Waals surface area contributed by atoms with Crippen LogP contribution in [0.1, 0.15) is 44.1 Å². The van der Waals surface area contributed by atoms with E-state index in [4.69, 9.17) is 4.74 Å². The molecular formula is C25H29FN2O2. The maximum absolute atomic E-state index is 13.7. The van der Waals surface area contributed by atoms with Crippen molar-refractivity contribution in [3.05, 3.63) is 71.6 Å². The maximum Gasteiger partial charge on any atom is 0.222 e. The van der Waals surface area contributed by atoms with Crippen molar-refractivity contribution in [1.29, 1.82) is 0 Å². The Morgan fingerprint density at radius 2 is 2.03 bits per heavy atom. The highest BCUT2D eigenvalue weighted by molar-refractivity contribution is 5.77. The maximum atomic E-state index is 13.7. The Morgan fingerprint density at radius 1 is 1.17 bits per heavy atom. The molecule has 4 rings (SSSR count). The van der Waals surface area contributed by atoms with Crippen molar-refractivity contribution >= 4 is 11.6 Å². The van der Waals surface area contributed by atoms with Gasteiger partial charge < -0.3 is 15.0 Å². The number of carbonyl (C=O) groups is 1. The van der Waals surface area contributed by atoms with E-state index in [-0.39, 0.29) is 17.8 Å². The lowest BCUT2D eigenvalue weighted by atomic mass is 9.97. The van der Waals surface area contributed by atoms with Gasteiger partial charge >= 0.3 is 0 Å². The zero-order valence-corrected chi connectivity index (χ0v) is 17.3. The molecule has 30 heavy (non-hydrogen) atoms. The molecule has 1 aliphatic heterocycles. The molecule has 1 amide bonds. The fraction of sp³-hybridized carbons (Fsp3) is 0.400. The van der Waals surface area contributed by atoms with Gasteiger partial charge in [0.25, 0.3) is 0 Å². The predicted octanol–water partition coefficient (Wildman–Crippen LogP) is 4.99. The standard InChI is InChI=1S/C25H29FN2O2/c26-21-11-12-23-24(15-21)30-18-22(28(23)17-20-9-5-2-6-10-20)16-25(29)27-14-13-19-7-3-1-4-8-19/h2,5-7,9-12,15,22H,1,3-4,8,13-14,16-18H2,(H,27,29)/t22-/m1/s1. The molecule has 0 unspecified atom stereocenters. The second-order valence-corrected chi connectivity index (χ2v) is 8.10. The summed E-state index contributed by atoms with van der Waals surface area (Å²) in [5.41, 5.74) is 3.44. The zero-order valence-electron chi connectivity index (χ0n) is 17.3. The molecule has 0 bridgehead atoms. The third-order valence-corrected chi connectivity index (χ3v) is 5.87. The minimum atomic E-state index is -0.318. The number of fused-ring (bicyclic) bond motifs is 1. The van der Waals surface area contributed by atoms with Crippen LogP contribution in [0.3, 0.4) is 0 Å². The Bertz CT molecular complexity index is 897. The number of nitrogens with one attached hydrogen (secondary N) is 1. The van der Waals surface area contributed by atoms with Gasteiger partial charge in [0.15, 0.2) is 0 Å². The van der Waals surface area contributed by atoms with Gasteiger partial charge in [0.2, 0.25) is 5.91 Å². The summed E-state index contributed by atoms with van der Waals surface area (Å²) >= 11 is 0. The van der Waals surface area contributed by atoms with Crippen molar-refractivity contribution in [2.75, 3.05) is 18.1 Å². The van der Waals surface area contributed by atoms with E-state index in [9.17, 15) is 9.18 Å². The van der Waals surface area contributed by atoms with E-state index in [0.717, 1.165) is 30.5 Å². The third-order valence-electron chi connectivity index (χ3n) is 5.87. The van der Waals surface area contributed by atoms with E-state index in [1.807, 2.05) is 18.2 Å². The summed E-state index contributed by atoms with van der Waals surface area (Å²) in [4.78, 5) is 14.8. The van der Waals surface area contributed by atoms with Crippen LogP contribution < -0.4 is 15.0 Å². The Hall–Kier alpha value is -2.82. The Kier molecular flexibility index (Phi) is 6.67. The number of hydrogen-bond donors (Lipinski definition) is 1. The van der Waals surface area contributed by atoms with Crippen molar-refractivity contribution < 1.29 is 13.9 Å². The average Bonchev–Trinajstić information content (AvgIpc) is 2.77. The van der Waals surface area contributed by atoms with Crippen LogP contribution in [0, 0.1) is 5.82 Å². The average molecular weight is 409 g/mol. The van der Waals surface area contributed by atoms with E-state index in [2.05, 4.69) is 28.4 Å². The lowest BCUT2D eigenvalue weighted by Crippen LogP contribution is -2.45. The minimum Gasteiger partial charge on any atom is -0.489 e. The molecule has 0 saturated heterocycles. The van der Waals surface area contributed by atoms with Crippen LogP contribution in [0.2, 0.25) is 0 Å². The molecule has 0 fully saturated rings. The molecule has 0 saturated carbocycles. The monoisotopic (exact) mass is 408 g/mol. The van der Waals surface area contributed by atoms with Gasteiger partial charge in [-0.15, -0.1) is 0 Å². The molecular weight excluding hydrogens is 379 g/mol. The predicted molar refractivity (Wildman–Crippen MR) is 117 cm³/mol. The molecule has 0 spiro atoms. The first-order chi connectivity index (χ1) is 14.7. The Labute approximate surface area is 177 Å². The van der Waals surface area contributed by atoms with E-state index in [0.29, 0.717) is 31.9 Å². The topological polar surface area (TPSA) is 41.6 Å². The molecule has 5 heteroatoms. The highest BCUT2D eigenvalue weighted by Gasteiger charge is 2.29. The van der Waals surface area contributed by atoms with Crippen LogP contribution in [0.15, 0.2) is 60.2 Å². The molecule has 0 aromatic heterocycles. The van der Waals surface area contributed by atoms with Gasteiger partial charge in [0.1, 0.15) is 18.2 Å². The number of rotatable bonds is 7. The zero-order chi connectivity index (χ0) is 20.8. The van der Waals surface area contributed by atoms with Gasteiger partial charge in [0, 0.05) is 19.2 Å². The molecule has 2 aliphatic rings. The van der Waals surface area contributed by atoms with Crippen molar-refractivity contribution in [3.8, 4) is 5.75 Å². The van der Waals surface area contributed by atoms with Crippen LogP contribution in [-0.2, 0) is 11.3 Å². The highest BCUT2D eigenvalue weighted by atomic mass is 19.1. The van der Waals surface area contributed by atoms with Crippen LogP contribution >= 0.6 is 0 Å². The fourth-order valence-corrected chi connectivity index (χ4v) is 4.26. The molecule has 158 valence electrons. The van der Waals surface area contributed by atoms with Gasteiger partial charge in [-0.2, -0.15) is 0 Å². The van der Waals surface area contributed by atoms with Crippen LogP contribution in [-0.4, -0.2) is 25.1 Å². The lowest BCUT2D eigenvalue weighted by Gasteiger charge is -2.38. The molecule has 1 atom stereocenters. The van der Waals surface area contributed by atoms with Gasteiger partial charge in [-0.1, -0.05) is 42.0 Å². The summed E-state index contributed by atoms with van der Waals surface area (Å²) in [7, 11) is 0. The summed E-state index contributed by atoms with van der Waals surface area (Å²) in [6, 6.07) is 14.6. The second kappa shape index (κ2) is 9.79. The van der Waals surface area contributed by atoms with Crippen molar-refractivity contribution in [1.82, 2.24) is 5.32 Å². The molecule has 2 aromatic rings. The van der Waals surface area contributed by atoms with Crippen molar-refractivity contribution in [2.45, 2.75) is 51.1 Å². The van der Waals surface area contributed by atoms with Crippen LogP contribution in [0.5, 0.6) is 5.75 Å². The number of carbonyl (C=O) groups excluding carboxylic acids is 1. The van der Waals surface area contributed by atoms with E-state index in [1.54, 1.807) is 6.07 Å². The number of hydrogen-bond acceptors (Lipinski definition) is 3. The number of nitrogens with zero attached hydrogens (tertiary/aromatic N) is 1. The number of ether oxygens (including phenoxy) is 1. The molecule has 2 aromatic carbocycles. The normalized spacial score (nSPS) is 18.2. The molecule has 1 aliphatic carbocycles. The SMILES string of the molecule is O=C(C[C@@H]1COc2cc(F)ccc2N1Cc1ccccc1)NCCC1=CCCCC1. The van der Waals surface area contributed by atoms with Gasteiger partial charge in [-0.3, -0.25) is 4.79 Å². The van der Waals surface area contributed by atoms with E-state index >= 15 is 0 Å². The first-order valence-electron chi connectivity index (χ1n) is 10.9. The molecule has 4 nitrogen and oxygen atoms in total. The molecule has 0 radical (unpaired) electrons. The summed E-state index contributed by atoms with van der Waals surface area (Å²) in [6.07, 6.45) is 8.46. The first kappa shape index (κ1) is 20.5. The van der Waals surface area contributed by atoms with Crippen LogP contribution in [0.25, 0.3) is 0 Å². The summed E-state index contributed by atoms with van der Waals surface area (Å²) in [5.74, 6) is 0.247. The number of amides is 1.